The van der Waals surface area contributed by atoms with Crippen LogP contribution in [0.1, 0.15) is 30.9 Å². The highest BCUT2D eigenvalue weighted by Gasteiger charge is 2.32. The van der Waals surface area contributed by atoms with Gasteiger partial charge in [0.1, 0.15) is 12.4 Å². The molecule has 33 heavy (non-hydrogen) atoms. The fraction of sp³-hybridized carbons (Fsp3) is 0.609. The van der Waals surface area contributed by atoms with Gasteiger partial charge in [0.2, 0.25) is 0 Å². The van der Waals surface area contributed by atoms with Gasteiger partial charge in [-0.2, -0.15) is 0 Å². The molecule has 3 rings (SSSR count). The summed E-state index contributed by atoms with van der Waals surface area (Å²) >= 11 is 0. The van der Waals surface area contributed by atoms with Crippen molar-refractivity contribution in [2.24, 2.45) is 12.0 Å². The number of nitrogens with one attached hydrogen (secondary N) is 2. The van der Waals surface area contributed by atoms with E-state index in [1.807, 2.05) is 24.6 Å². The highest BCUT2D eigenvalue weighted by Crippen LogP contribution is 2.23. The summed E-state index contributed by atoms with van der Waals surface area (Å²) in [6.07, 6.45) is 2.72. The SMILES string of the molecule is COC1(CNC(=NCc2nnc(C)n2C)NCCCN(C)c2ccccc2)CCOCC1.I. The van der Waals surface area contributed by atoms with Gasteiger partial charge in [0.25, 0.3) is 0 Å². The predicted octanol–water partition coefficient (Wildman–Crippen LogP) is 2.50. The molecule has 0 radical (unpaired) electrons. The Morgan fingerprint density at radius 1 is 1.21 bits per heavy atom. The summed E-state index contributed by atoms with van der Waals surface area (Å²) in [5.74, 6) is 2.47. The van der Waals surface area contributed by atoms with Crippen LogP contribution >= 0.6 is 24.0 Å². The largest absolute Gasteiger partial charge is 0.381 e. The maximum Gasteiger partial charge on any atom is 0.191 e. The number of methoxy groups -OCH3 is 1. The van der Waals surface area contributed by atoms with Gasteiger partial charge < -0.3 is 29.6 Å². The first-order chi connectivity index (χ1) is 15.5. The molecule has 1 fully saturated rings. The van der Waals surface area contributed by atoms with E-state index < -0.39 is 0 Å². The minimum atomic E-state index is -0.227. The monoisotopic (exact) mass is 571 g/mol. The highest BCUT2D eigenvalue weighted by atomic mass is 127. The second-order valence-corrected chi connectivity index (χ2v) is 8.28. The van der Waals surface area contributed by atoms with Crippen molar-refractivity contribution < 1.29 is 9.47 Å². The molecule has 1 aromatic heterocycles. The molecule has 0 bridgehead atoms. The quantitative estimate of drug-likeness (QED) is 0.196. The predicted molar refractivity (Wildman–Crippen MR) is 142 cm³/mol. The molecule has 0 atom stereocenters. The molecule has 9 nitrogen and oxygen atoms in total. The van der Waals surface area contributed by atoms with Crippen LogP contribution in [0.2, 0.25) is 0 Å². The van der Waals surface area contributed by atoms with Crippen molar-refractivity contribution >= 4 is 35.6 Å². The lowest BCUT2D eigenvalue weighted by Crippen LogP contribution is -2.51. The molecule has 2 aromatic rings. The van der Waals surface area contributed by atoms with Crippen LogP contribution in [0.4, 0.5) is 5.69 Å². The van der Waals surface area contributed by atoms with Gasteiger partial charge in [0.15, 0.2) is 11.8 Å². The Morgan fingerprint density at radius 3 is 2.58 bits per heavy atom. The van der Waals surface area contributed by atoms with Crippen LogP contribution in [0.3, 0.4) is 0 Å². The average Bonchev–Trinajstić information content (AvgIpc) is 3.16. The number of halogens is 1. The van der Waals surface area contributed by atoms with Gasteiger partial charge in [-0.3, -0.25) is 0 Å². The molecule has 2 N–H and O–H groups in total. The van der Waals surface area contributed by atoms with E-state index in [9.17, 15) is 0 Å². The topological polar surface area (TPSA) is 88.8 Å². The van der Waals surface area contributed by atoms with Crippen molar-refractivity contribution in [1.82, 2.24) is 25.4 Å². The number of hydrogen-bond acceptors (Lipinski definition) is 6. The minimum absolute atomic E-state index is 0. The number of guanidine groups is 1. The lowest BCUT2D eigenvalue weighted by molar-refractivity contribution is -0.0855. The Hall–Kier alpha value is -1.92. The Kier molecular flexibility index (Phi) is 11.3. The number of benzene rings is 1. The van der Waals surface area contributed by atoms with Crippen molar-refractivity contribution in [3.05, 3.63) is 42.0 Å². The first-order valence-corrected chi connectivity index (χ1v) is 11.3. The molecule has 2 heterocycles. The second-order valence-electron chi connectivity index (χ2n) is 8.28. The molecule has 0 amide bonds. The third kappa shape index (κ3) is 8.11. The molecule has 1 saturated heterocycles. The van der Waals surface area contributed by atoms with E-state index in [-0.39, 0.29) is 29.6 Å². The number of anilines is 1. The Balaban J connectivity index is 0.00000385. The van der Waals surface area contributed by atoms with Crippen LogP contribution in [0.5, 0.6) is 0 Å². The molecule has 0 spiro atoms. The van der Waals surface area contributed by atoms with E-state index >= 15 is 0 Å². The van der Waals surface area contributed by atoms with Gasteiger partial charge >= 0.3 is 0 Å². The van der Waals surface area contributed by atoms with Gasteiger partial charge in [-0.15, -0.1) is 34.2 Å². The van der Waals surface area contributed by atoms with Gasteiger partial charge in [-0.1, -0.05) is 18.2 Å². The molecular weight excluding hydrogens is 533 g/mol. The van der Waals surface area contributed by atoms with E-state index in [0.717, 1.165) is 63.2 Å². The van der Waals surface area contributed by atoms with Crippen molar-refractivity contribution in [3.63, 3.8) is 0 Å². The van der Waals surface area contributed by atoms with Gasteiger partial charge in [0, 0.05) is 72.6 Å². The molecular formula is C23H38IN7O2. The lowest BCUT2D eigenvalue weighted by atomic mass is 9.94. The van der Waals surface area contributed by atoms with Crippen LogP contribution in [0.25, 0.3) is 0 Å². The molecule has 1 aliphatic rings. The van der Waals surface area contributed by atoms with Gasteiger partial charge in [-0.25, -0.2) is 4.99 Å². The number of nitrogens with zero attached hydrogens (tertiary/aromatic N) is 5. The Morgan fingerprint density at radius 2 is 1.94 bits per heavy atom. The van der Waals surface area contributed by atoms with Gasteiger partial charge in [-0.05, 0) is 25.5 Å². The standard InChI is InChI=1S/C23H37N7O2.HI/c1-19-27-28-21(30(19)3)17-25-22(26-18-23(31-4)11-15-32-16-12-23)24-13-8-14-29(2)20-9-6-5-7-10-20;/h5-7,9-10H,8,11-18H2,1-4H3,(H2,24,25,26);1H. The number of aryl methyl sites for hydroxylation is 1. The summed E-state index contributed by atoms with van der Waals surface area (Å²) in [5.41, 5.74) is 0.994. The lowest BCUT2D eigenvalue weighted by Gasteiger charge is -2.36. The number of rotatable bonds is 10. The van der Waals surface area contributed by atoms with Crippen LogP contribution in [-0.4, -0.2) is 73.3 Å². The van der Waals surface area contributed by atoms with Crippen LogP contribution in [0.15, 0.2) is 35.3 Å². The summed E-state index contributed by atoms with van der Waals surface area (Å²) in [6, 6.07) is 10.4. The van der Waals surface area contributed by atoms with E-state index in [2.05, 4.69) is 57.0 Å². The third-order valence-electron chi connectivity index (χ3n) is 6.14. The maximum absolute atomic E-state index is 5.86. The molecule has 1 aliphatic heterocycles. The van der Waals surface area contributed by atoms with Crippen molar-refractivity contribution in [2.45, 2.75) is 38.3 Å². The fourth-order valence-electron chi connectivity index (χ4n) is 3.69. The smallest absolute Gasteiger partial charge is 0.191 e. The summed E-state index contributed by atoms with van der Waals surface area (Å²) in [5, 5.41) is 15.3. The van der Waals surface area contributed by atoms with Crippen molar-refractivity contribution in [2.75, 3.05) is 51.9 Å². The molecule has 0 saturated carbocycles. The van der Waals surface area contributed by atoms with E-state index in [1.165, 1.54) is 5.69 Å². The number of hydrogen-bond donors (Lipinski definition) is 2. The first-order valence-electron chi connectivity index (χ1n) is 11.3. The average molecular weight is 572 g/mol. The third-order valence-corrected chi connectivity index (χ3v) is 6.14. The molecule has 0 unspecified atom stereocenters. The summed E-state index contributed by atoms with van der Waals surface area (Å²) in [7, 11) is 5.85. The zero-order valence-corrected chi connectivity index (χ0v) is 22.5. The summed E-state index contributed by atoms with van der Waals surface area (Å²) in [4.78, 5) is 7.02. The molecule has 184 valence electrons. The van der Waals surface area contributed by atoms with Crippen LogP contribution < -0.4 is 15.5 Å². The van der Waals surface area contributed by atoms with E-state index in [1.54, 1.807) is 7.11 Å². The zero-order valence-electron chi connectivity index (χ0n) is 20.2. The highest BCUT2D eigenvalue weighted by molar-refractivity contribution is 14.0. The molecule has 10 heteroatoms. The second kappa shape index (κ2) is 13.7. The normalized spacial score (nSPS) is 15.6. The fourth-order valence-corrected chi connectivity index (χ4v) is 3.69. The first kappa shape index (κ1) is 27.3. The number of para-hydroxylation sites is 1. The van der Waals surface area contributed by atoms with Gasteiger partial charge in [0.05, 0.1) is 5.60 Å². The molecule has 1 aromatic carbocycles. The summed E-state index contributed by atoms with van der Waals surface area (Å²) in [6.45, 7) is 6.28. The number of aliphatic imine (C=N–C) groups is 1. The number of ether oxygens (including phenoxy) is 2. The zero-order chi connectivity index (χ0) is 22.8. The van der Waals surface area contributed by atoms with Crippen molar-refractivity contribution in [1.29, 1.82) is 0 Å². The van der Waals surface area contributed by atoms with E-state index in [0.29, 0.717) is 13.1 Å². The Bertz CT molecular complexity index is 854. The number of aromatic nitrogens is 3. The van der Waals surface area contributed by atoms with E-state index in [4.69, 9.17) is 14.5 Å². The maximum atomic E-state index is 5.86. The Labute approximate surface area is 214 Å². The minimum Gasteiger partial charge on any atom is -0.381 e. The van der Waals surface area contributed by atoms with Crippen LogP contribution in [-0.2, 0) is 23.1 Å². The summed E-state index contributed by atoms with van der Waals surface area (Å²) < 4.78 is 13.3. The van der Waals surface area contributed by atoms with Crippen LogP contribution in [0, 0.1) is 6.92 Å². The van der Waals surface area contributed by atoms with Crippen molar-refractivity contribution in [3.8, 4) is 0 Å². The molecule has 0 aliphatic carbocycles.